The predicted octanol–water partition coefficient (Wildman–Crippen LogP) is 4.98. The molecule has 0 saturated carbocycles. The average molecular weight is 423 g/mol. The van der Waals surface area contributed by atoms with Crippen LogP contribution in [-0.2, 0) is 11.3 Å². The first-order chi connectivity index (χ1) is 14.8. The highest BCUT2D eigenvalue weighted by Crippen LogP contribution is 2.27. The molecular weight excluding hydrogens is 396 g/mol. The molecule has 2 heterocycles. The van der Waals surface area contributed by atoms with Crippen molar-refractivity contribution in [1.82, 2.24) is 19.7 Å². The van der Waals surface area contributed by atoms with Gasteiger partial charge in [0.1, 0.15) is 0 Å². The van der Waals surface area contributed by atoms with E-state index in [-0.39, 0.29) is 5.91 Å². The van der Waals surface area contributed by atoms with Crippen molar-refractivity contribution < 1.29 is 9.21 Å². The molecule has 0 radical (unpaired) electrons. The van der Waals surface area contributed by atoms with Crippen molar-refractivity contribution >= 4 is 17.7 Å². The first-order valence-electron chi connectivity index (χ1n) is 10.4. The largest absolute Gasteiger partial charge is 0.461 e. The monoisotopic (exact) mass is 422 g/mol. The number of thioether (sulfide) groups is 1. The third-order valence-electron chi connectivity index (χ3n) is 5.20. The number of aromatic nitrogens is 3. The van der Waals surface area contributed by atoms with Gasteiger partial charge >= 0.3 is 0 Å². The number of allylic oxidation sites excluding steroid dienone is 2. The lowest BCUT2D eigenvalue weighted by Crippen LogP contribution is -2.32. The van der Waals surface area contributed by atoms with Gasteiger partial charge in [0.25, 0.3) is 0 Å². The van der Waals surface area contributed by atoms with Crippen LogP contribution >= 0.6 is 11.8 Å². The maximum absolute atomic E-state index is 12.9. The Bertz CT molecular complexity index is 996. The fourth-order valence-electron chi connectivity index (χ4n) is 3.70. The van der Waals surface area contributed by atoms with Gasteiger partial charge < -0.3 is 9.32 Å². The predicted molar refractivity (Wildman–Crippen MR) is 118 cm³/mol. The van der Waals surface area contributed by atoms with Crippen molar-refractivity contribution in [2.75, 3.05) is 12.3 Å². The Labute approximate surface area is 181 Å². The third-order valence-corrected chi connectivity index (χ3v) is 6.15. The Kier molecular flexibility index (Phi) is 6.69. The van der Waals surface area contributed by atoms with Crippen LogP contribution in [0.25, 0.3) is 11.6 Å². The molecule has 0 aliphatic heterocycles. The highest BCUT2D eigenvalue weighted by molar-refractivity contribution is 7.99. The maximum atomic E-state index is 12.9. The van der Waals surface area contributed by atoms with E-state index < -0.39 is 0 Å². The second-order valence-electron chi connectivity index (χ2n) is 7.22. The van der Waals surface area contributed by atoms with Crippen molar-refractivity contribution in [2.24, 2.45) is 0 Å². The van der Waals surface area contributed by atoms with Crippen LogP contribution in [0.3, 0.4) is 0 Å². The minimum absolute atomic E-state index is 0.115. The Morgan fingerprint density at radius 3 is 2.73 bits per heavy atom. The second kappa shape index (κ2) is 9.80. The zero-order valence-corrected chi connectivity index (χ0v) is 18.0. The van der Waals surface area contributed by atoms with Gasteiger partial charge in [0.05, 0.1) is 18.6 Å². The van der Waals surface area contributed by atoms with Crippen molar-refractivity contribution in [1.29, 1.82) is 0 Å². The molecule has 1 amide bonds. The van der Waals surface area contributed by atoms with Crippen LogP contribution in [0, 0.1) is 0 Å². The van der Waals surface area contributed by atoms with Gasteiger partial charge in [0, 0.05) is 12.2 Å². The summed E-state index contributed by atoms with van der Waals surface area (Å²) in [6.07, 6.45) is 8.25. The van der Waals surface area contributed by atoms with Crippen molar-refractivity contribution in [2.45, 2.75) is 44.3 Å². The first kappa shape index (κ1) is 20.5. The first-order valence-corrected chi connectivity index (χ1v) is 11.4. The quantitative estimate of drug-likeness (QED) is 0.479. The SMILES string of the molecule is CCN(C(=O)CSc1nnc(-c2ccco2)n1Cc1ccccc1)C1=CCCCC1. The van der Waals surface area contributed by atoms with E-state index in [1.54, 1.807) is 6.26 Å². The van der Waals surface area contributed by atoms with Gasteiger partial charge in [-0.1, -0.05) is 48.2 Å². The minimum atomic E-state index is 0.115. The maximum Gasteiger partial charge on any atom is 0.237 e. The number of nitrogens with zero attached hydrogens (tertiary/aromatic N) is 4. The lowest BCUT2D eigenvalue weighted by molar-refractivity contribution is -0.126. The summed E-state index contributed by atoms with van der Waals surface area (Å²) < 4.78 is 7.57. The van der Waals surface area contributed by atoms with E-state index in [2.05, 4.69) is 28.4 Å². The topological polar surface area (TPSA) is 64.2 Å². The van der Waals surface area contributed by atoms with Gasteiger partial charge in [-0.05, 0) is 50.3 Å². The van der Waals surface area contributed by atoms with Crippen molar-refractivity contribution in [3.05, 3.63) is 66.1 Å². The standard InChI is InChI=1S/C23H26N4O2S/c1-2-26(19-12-7-4-8-13-19)21(28)17-30-23-25-24-22(20-14-9-15-29-20)27(23)16-18-10-5-3-6-11-18/h3,5-6,9-12,14-15H,2,4,7-8,13,16-17H2,1H3. The molecule has 30 heavy (non-hydrogen) atoms. The molecule has 0 fully saturated rings. The molecule has 7 heteroatoms. The van der Waals surface area contributed by atoms with Gasteiger partial charge in [-0.25, -0.2) is 0 Å². The van der Waals surface area contributed by atoms with Gasteiger partial charge in [-0.3, -0.25) is 9.36 Å². The Balaban J connectivity index is 1.53. The molecule has 4 rings (SSSR count). The van der Waals surface area contributed by atoms with E-state index in [0.29, 0.717) is 35.6 Å². The van der Waals surface area contributed by atoms with Gasteiger partial charge in [-0.15, -0.1) is 10.2 Å². The molecule has 1 aromatic carbocycles. The summed E-state index contributed by atoms with van der Waals surface area (Å²) in [5.74, 6) is 1.78. The summed E-state index contributed by atoms with van der Waals surface area (Å²) in [5, 5.41) is 9.43. The van der Waals surface area contributed by atoms with Gasteiger partial charge in [0.2, 0.25) is 11.7 Å². The summed E-state index contributed by atoms with van der Waals surface area (Å²) >= 11 is 1.43. The van der Waals surface area contributed by atoms with Crippen LogP contribution in [0.5, 0.6) is 0 Å². The molecule has 0 saturated heterocycles. The molecule has 2 aromatic heterocycles. The summed E-state index contributed by atoms with van der Waals surface area (Å²) in [7, 11) is 0. The number of hydrogen-bond acceptors (Lipinski definition) is 5. The number of benzene rings is 1. The fraction of sp³-hybridized carbons (Fsp3) is 0.348. The molecule has 0 bridgehead atoms. The Hall–Kier alpha value is -2.80. The lowest BCUT2D eigenvalue weighted by Gasteiger charge is -2.26. The Morgan fingerprint density at radius 2 is 2.03 bits per heavy atom. The number of carbonyl (C=O) groups excluding carboxylic acids is 1. The number of hydrogen-bond donors (Lipinski definition) is 0. The van der Waals surface area contributed by atoms with Crippen LogP contribution in [0.4, 0.5) is 0 Å². The zero-order chi connectivity index (χ0) is 20.8. The normalized spacial score (nSPS) is 13.8. The molecule has 6 nitrogen and oxygen atoms in total. The number of furan rings is 1. The Morgan fingerprint density at radius 1 is 1.17 bits per heavy atom. The fourth-order valence-corrected chi connectivity index (χ4v) is 4.52. The van der Waals surface area contributed by atoms with Gasteiger partial charge in [-0.2, -0.15) is 0 Å². The summed E-state index contributed by atoms with van der Waals surface area (Å²) in [6.45, 7) is 3.34. The van der Waals surface area contributed by atoms with Crippen LogP contribution in [0.1, 0.15) is 38.2 Å². The van der Waals surface area contributed by atoms with E-state index in [1.165, 1.54) is 18.2 Å². The second-order valence-corrected chi connectivity index (χ2v) is 8.17. The van der Waals surface area contributed by atoms with E-state index in [4.69, 9.17) is 4.42 Å². The molecule has 3 aromatic rings. The molecule has 0 spiro atoms. The van der Waals surface area contributed by atoms with Crippen LogP contribution in [-0.4, -0.2) is 37.9 Å². The molecule has 1 aliphatic rings. The van der Waals surface area contributed by atoms with E-state index in [9.17, 15) is 4.79 Å². The van der Waals surface area contributed by atoms with Crippen molar-refractivity contribution in [3.63, 3.8) is 0 Å². The third kappa shape index (κ3) is 4.67. The summed E-state index contributed by atoms with van der Waals surface area (Å²) in [5.41, 5.74) is 2.30. The highest BCUT2D eigenvalue weighted by atomic mass is 32.2. The highest BCUT2D eigenvalue weighted by Gasteiger charge is 2.21. The molecule has 0 unspecified atom stereocenters. The van der Waals surface area contributed by atoms with E-state index >= 15 is 0 Å². The van der Waals surface area contributed by atoms with Crippen LogP contribution in [0.15, 0.2) is 70.1 Å². The number of carbonyl (C=O) groups is 1. The van der Waals surface area contributed by atoms with Crippen molar-refractivity contribution in [3.8, 4) is 11.6 Å². The number of amides is 1. The molecule has 0 atom stereocenters. The van der Waals surface area contributed by atoms with Crippen LogP contribution < -0.4 is 0 Å². The molecule has 156 valence electrons. The van der Waals surface area contributed by atoms with E-state index in [1.807, 2.05) is 46.7 Å². The lowest BCUT2D eigenvalue weighted by atomic mass is 10.0. The number of rotatable bonds is 8. The van der Waals surface area contributed by atoms with E-state index in [0.717, 1.165) is 30.5 Å². The minimum Gasteiger partial charge on any atom is -0.461 e. The smallest absolute Gasteiger partial charge is 0.237 e. The van der Waals surface area contributed by atoms with Gasteiger partial charge in [0.15, 0.2) is 10.9 Å². The summed E-state index contributed by atoms with van der Waals surface area (Å²) in [4.78, 5) is 14.9. The average Bonchev–Trinajstić information content (AvgIpc) is 3.44. The molecule has 0 N–H and O–H groups in total. The zero-order valence-electron chi connectivity index (χ0n) is 17.2. The summed E-state index contributed by atoms with van der Waals surface area (Å²) in [6, 6.07) is 13.9. The van der Waals surface area contributed by atoms with Crippen LogP contribution in [0.2, 0.25) is 0 Å². The molecule has 1 aliphatic carbocycles. The molecular formula is C23H26N4O2S.